The molecule has 0 saturated carbocycles. The van der Waals surface area contributed by atoms with Crippen molar-refractivity contribution in [3.05, 3.63) is 59.7 Å². The molecule has 5 nitrogen and oxygen atoms in total. The van der Waals surface area contributed by atoms with Gasteiger partial charge in [-0.15, -0.1) is 0 Å². The molecule has 0 amide bonds. The summed E-state index contributed by atoms with van der Waals surface area (Å²) in [5.74, 6) is 0.538. The van der Waals surface area contributed by atoms with E-state index in [0.717, 1.165) is 30.4 Å². The van der Waals surface area contributed by atoms with Crippen molar-refractivity contribution in [2.24, 2.45) is 0 Å². The molecule has 0 heterocycles. The lowest BCUT2D eigenvalue weighted by atomic mass is 10.1. The summed E-state index contributed by atoms with van der Waals surface area (Å²) in [5, 5.41) is 18.7. The van der Waals surface area contributed by atoms with E-state index in [2.05, 4.69) is 0 Å². The highest BCUT2D eigenvalue weighted by Gasteiger charge is 2.38. The summed E-state index contributed by atoms with van der Waals surface area (Å²) < 4.78 is 17.2. The lowest BCUT2D eigenvalue weighted by Crippen LogP contribution is -2.44. The first kappa shape index (κ1) is 19.5. The molecule has 0 radical (unpaired) electrons. The van der Waals surface area contributed by atoms with Gasteiger partial charge in [0.1, 0.15) is 11.5 Å². The highest BCUT2D eigenvalue weighted by atomic mass is 28.4. The Balaban J connectivity index is 1.81. The largest absolute Gasteiger partial charge is 0.508 e. The molecule has 2 aromatic carbocycles. The summed E-state index contributed by atoms with van der Waals surface area (Å²) >= 11 is 0. The van der Waals surface area contributed by atoms with Crippen LogP contribution in [-0.2, 0) is 26.1 Å². The van der Waals surface area contributed by atoms with Crippen LogP contribution in [0.2, 0.25) is 6.04 Å². The Hall–Kier alpha value is -1.86. The molecule has 0 saturated heterocycles. The standard InChI is InChI=1S/C19H26O5Si/c1-22-25(23-2,15-13-17-7-11-19(21)12-8-17)24-14-3-4-16-5-9-18(20)10-6-16/h5-12,20-21H,3-4,13-15H2,1-2H3. The summed E-state index contributed by atoms with van der Waals surface area (Å²) in [5.41, 5.74) is 2.27. The normalized spacial score (nSPS) is 11.6. The smallest absolute Gasteiger partial charge is 0.500 e. The van der Waals surface area contributed by atoms with Crippen LogP contribution in [0, 0.1) is 0 Å². The molecule has 0 aliphatic heterocycles. The minimum Gasteiger partial charge on any atom is -0.508 e. The van der Waals surface area contributed by atoms with Gasteiger partial charge < -0.3 is 23.5 Å². The van der Waals surface area contributed by atoms with Gasteiger partial charge in [-0.25, -0.2) is 0 Å². The van der Waals surface area contributed by atoms with Crippen molar-refractivity contribution < 1.29 is 23.5 Å². The van der Waals surface area contributed by atoms with E-state index in [9.17, 15) is 10.2 Å². The van der Waals surface area contributed by atoms with Gasteiger partial charge in [0.05, 0.1) is 0 Å². The van der Waals surface area contributed by atoms with Gasteiger partial charge in [-0.2, -0.15) is 0 Å². The SMILES string of the molecule is CO[Si](CCc1ccc(O)cc1)(OC)OCCCc1ccc(O)cc1. The quantitative estimate of drug-likeness (QED) is 0.500. The molecule has 0 unspecified atom stereocenters. The van der Waals surface area contributed by atoms with Gasteiger partial charge >= 0.3 is 8.80 Å². The van der Waals surface area contributed by atoms with Crippen molar-refractivity contribution in [2.75, 3.05) is 20.8 Å². The highest BCUT2D eigenvalue weighted by Crippen LogP contribution is 2.20. The van der Waals surface area contributed by atoms with Gasteiger partial charge in [-0.05, 0) is 54.7 Å². The molecule has 0 aromatic heterocycles. The van der Waals surface area contributed by atoms with Crippen LogP contribution < -0.4 is 0 Å². The summed E-state index contributed by atoms with van der Waals surface area (Å²) in [6.45, 7) is 0.560. The van der Waals surface area contributed by atoms with E-state index in [1.165, 1.54) is 0 Å². The molecular weight excluding hydrogens is 336 g/mol. The average molecular weight is 362 g/mol. The number of hydrogen-bond acceptors (Lipinski definition) is 5. The highest BCUT2D eigenvalue weighted by molar-refractivity contribution is 6.60. The number of phenolic OH excluding ortho intramolecular Hbond substituents is 2. The molecule has 2 N–H and O–H groups in total. The van der Waals surface area contributed by atoms with Gasteiger partial charge in [-0.1, -0.05) is 24.3 Å². The predicted octanol–water partition coefficient (Wildman–Crippen LogP) is 3.52. The molecule has 0 atom stereocenters. The van der Waals surface area contributed by atoms with Crippen LogP contribution in [0.5, 0.6) is 11.5 Å². The molecular formula is C19H26O5Si. The zero-order chi connectivity index (χ0) is 18.1. The van der Waals surface area contributed by atoms with E-state index in [1.54, 1.807) is 38.5 Å². The van der Waals surface area contributed by atoms with Crippen LogP contribution in [0.3, 0.4) is 0 Å². The van der Waals surface area contributed by atoms with Gasteiger partial charge in [0.25, 0.3) is 0 Å². The Morgan fingerprint density at radius 3 is 1.72 bits per heavy atom. The molecule has 0 fully saturated rings. The second-order valence-electron chi connectivity index (χ2n) is 5.88. The lowest BCUT2D eigenvalue weighted by Gasteiger charge is -2.26. The van der Waals surface area contributed by atoms with Gasteiger partial charge in [0.15, 0.2) is 0 Å². The van der Waals surface area contributed by atoms with Gasteiger partial charge in [0.2, 0.25) is 0 Å². The van der Waals surface area contributed by atoms with Crippen molar-refractivity contribution in [1.29, 1.82) is 0 Å². The monoisotopic (exact) mass is 362 g/mol. The van der Waals surface area contributed by atoms with Gasteiger partial charge in [0, 0.05) is 26.9 Å². The maximum Gasteiger partial charge on any atom is 0.500 e. The Labute approximate surface area is 150 Å². The fraction of sp³-hybridized carbons (Fsp3) is 0.368. The number of rotatable bonds is 10. The van der Waals surface area contributed by atoms with Crippen molar-refractivity contribution in [2.45, 2.75) is 25.3 Å². The minimum atomic E-state index is -2.69. The second kappa shape index (κ2) is 9.58. The van der Waals surface area contributed by atoms with E-state index >= 15 is 0 Å². The van der Waals surface area contributed by atoms with E-state index < -0.39 is 8.80 Å². The fourth-order valence-corrected chi connectivity index (χ4v) is 4.61. The lowest BCUT2D eigenvalue weighted by molar-refractivity contribution is 0.0972. The average Bonchev–Trinajstić information content (AvgIpc) is 2.64. The molecule has 0 aliphatic rings. The molecule has 25 heavy (non-hydrogen) atoms. The van der Waals surface area contributed by atoms with Crippen LogP contribution in [-0.4, -0.2) is 39.8 Å². The van der Waals surface area contributed by atoms with Crippen LogP contribution in [0.1, 0.15) is 17.5 Å². The van der Waals surface area contributed by atoms with Gasteiger partial charge in [-0.3, -0.25) is 0 Å². The van der Waals surface area contributed by atoms with Crippen molar-refractivity contribution in [1.82, 2.24) is 0 Å². The first-order chi connectivity index (χ1) is 12.1. The van der Waals surface area contributed by atoms with E-state index in [-0.39, 0.29) is 11.5 Å². The number of aromatic hydroxyl groups is 2. The Kier molecular flexibility index (Phi) is 7.45. The Morgan fingerprint density at radius 2 is 1.24 bits per heavy atom. The maximum absolute atomic E-state index is 9.35. The molecule has 136 valence electrons. The maximum atomic E-state index is 9.35. The summed E-state index contributed by atoms with van der Waals surface area (Å²) in [6.07, 6.45) is 2.49. The van der Waals surface area contributed by atoms with Crippen LogP contribution in [0.4, 0.5) is 0 Å². The molecule has 0 bridgehead atoms. The first-order valence-electron chi connectivity index (χ1n) is 8.37. The second-order valence-corrected chi connectivity index (χ2v) is 8.85. The summed E-state index contributed by atoms with van der Waals surface area (Å²) in [4.78, 5) is 0. The van der Waals surface area contributed by atoms with Crippen LogP contribution >= 0.6 is 0 Å². The number of phenols is 2. The Bertz CT molecular complexity index is 623. The number of hydrogen-bond donors (Lipinski definition) is 2. The molecule has 0 aliphatic carbocycles. The first-order valence-corrected chi connectivity index (χ1v) is 10.3. The third-order valence-corrected chi connectivity index (χ3v) is 6.90. The number of aryl methyl sites for hydroxylation is 2. The molecule has 2 rings (SSSR count). The van der Waals surface area contributed by atoms with Crippen molar-refractivity contribution >= 4 is 8.80 Å². The van der Waals surface area contributed by atoms with E-state index in [0.29, 0.717) is 12.7 Å². The van der Waals surface area contributed by atoms with Crippen LogP contribution in [0.25, 0.3) is 0 Å². The Morgan fingerprint density at radius 1 is 0.760 bits per heavy atom. The fourth-order valence-electron chi connectivity index (χ4n) is 2.60. The zero-order valence-electron chi connectivity index (χ0n) is 14.8. The zero-order valence-corrected chi connectivity index (χ0v) is 15.8. The minimum absolute atomic E-state index is 0.260. The topological polar surface area (TPSA) is 68.2 Å². The van der Waals surface area contributed by atoms with Crippen molar-refractivity contribution in [3.63, 3.8) is 0 Å². The third-order valence-electron chi connectivity index (χ3n) is 4.15. The third kappa shape index (κ3) is 6.17. The van der Waals surface area contributed by atoms with Crippen LogP contribution in [0.15, 0.2) is 48.5 Å². The van der Waals surface area contributed by atoms with E-state index in [1.807, 2.05) is 24.3 Å². The van der Waals surface area contributed by atoms with E-state index in [4.69, 9.17) is 13.3 Å². The summed E-state index contributed by atoms with van der Waals surface area (Å²) in [6, 6.07) is 15.0. The summed E-state index contributed by atoms with van der Waals surface area (Å²) in [7, 11) is 0.573. The molecule has 2 aromatic rings. The predicted molar refractivity (Wildman–Crippen MR) is 98.8 cm³/mol. The van der Waals surface area contributed by atoms with Crippen molar-refractivity contribution in [3.8, 4) is 11.5 Å². The number of benzene rings is 2. The molecule has 6 heteroatoms. The molecule has 0 spiro atoms.